The number of ether oxygens (including phenoxy) is 3. The third-order valence-corrected chi connectivity index (χ3v) is 4.00. The van der Waals surface area contributed by atoms with E-state index in [4.69, 9.17) is 19.3 Å². The first-order valence-corrected chi connectivity index (χ1v) is 7.24. The van der Waals surface area contributed by atoms with Crippen molar-refractivity contribution in [2.24, 2.45) is 5.92 Å². The fraction of sp³-hybridized carbons (Fsp3) is 0.857. The van der Waals surface area contributed by atoms with Gasteiger partial charge in [0.1, 0.15) is 19.0 Å². The van der Waals surface area contributed by atoms with E-state index in [0.717, 1.165) is 32.0 Å². The zero-order valence-corrected chi connectivity index (χ0v) is 11.6. The highest BCUT2D eigenvalue weighted by molar-refractivity contribution is 5.66. The average molecular weight is 286 g/mol. The summed E-state index contributed by atoms with van der Waals surface area (Å²) in [7, 11) is 0. The molecule has 20 heavy (non-hydrogen) atoms. The number of aldehydes is 1. The highest BCUT2D eigenvalue weighted by Gasteiger charge is 2.53. The molecule has 2 saturated heterocycles. The molecule has 0 amide bonds. The standard InChI is InChI=1S/C14H22O6/c15-9-12-11(5-3-1-2-4-6-13(16)17)14(10-18-12)19-7-8-20-14/h9,11-12H,1-8,10H2,(H,16,17). The highest BCUT2D eigenvalue weighted by atomic mass is 16.8. The van der Waals surface area contributed by atoms with Gasteiger partial charge in [0.25, 0.3) is 0 Å². The summed E-state index contributed by atoms with van der Waals surface area (Å²) < 4.78 is 16.8. The van der Waals surface area contributed by atoms with Crippen molar-refractivity contribution < 1.29 is 28.9 Å². The molecule has 1 spiro atoms. The van der Waals surface area contributed by atoms with E-state index in [-0.39, 0.29) is 12.3 Å². The fourth-order valence-electron chi connectivity index (χ4n) is 2.97. The lowest BCUT2D eigenvalue weighted by Gasteiger charge is -2.28. The smallest absolute Gasteiger partial charge is 0.303 e. The van der Waals surface area contributed by atoms with E-state index in [9.17, 15) is 9.59 Å². The lowest BCUT2D eigenvalue weighted by molar-refractivity contribution is -0.180. The summed E-state index contributed by atoms with van der Waals surface area (Å²) in [6.45, 7) is 1.41. The summed E-state index contributed by atoms with van der Waals surface area (Å²) in [6.07, 6.45) is 4.86. The first-order valence-electron chi connectivity index (χ1n) is 7.24. The third-order valence-electron chi connectivity index (χ3n) is 4.00. The van der Waals surface area contributed by atoms with Crippen molar-refractivity contribution in [1.82, 2.24) is 0 Å². The lowest BCUT2D eigenvalue weighted by Crippen LogP contribution is -2.40. The molecule has 2 atom stereocenters. The Bertz CT molecular complexity index is 337. The van der Waals surface area contributed by atoms with Crippen molar-refractivity contribution in [3.8, 4) is 0 Å². The lowest BCUT2D eigenvalue weighted by atomic mass is 9.90. The predicted octanol–water partition coefficient (Wildman–Crippen LogP) is 1.37. The second kappa shape index (κ2) is 7.15. The van der Waals surface area contributed by atoms with Gasteiger partial charge in [0, 0.05) is 12.3 Å². The number of carboxylic acid groups (broad SMARTS) is 1. The van der Waals surface area contributed by atoms with Crippen LogP contribution in [0.1, 0.15) is 38.5 Å². The zero-order chi connectivity index (χ0) is 14.4. The highest BCUT2D eigenvalue weighted by Crippen LogP contribution is 2.40. The quantitative estimate of drug-likeness (QED) is 0.536. The summed E-state index contributed by atoms with van der Waals surface area (Å²) in [4.78, 5) is 21.5. The minimum atomic E-state index is -0.748. The molecule has 2 aliphatic rings. The molecule has 2 unspecified atom stereocenters. The van der Waals surface area contributed by atoms with E-state index in [1.165, 1.54) is 0 Å². The van der Waals surface area contributed by atoms with Gasteiger partial charge in [0.15, 0.2) is 5.79 Å². The van der Waals surface area contributed by atoms with E-state index in [1.807, 2.05) is 0 Å². The molecule has 0 bridgehead atoms. The van der Waals surface area contributed by atoms with E-state index < -0.39 is 17.9 Å². The number of carbonyl (C=O) groups excluding carboxylic acids is 1. The van der Waals surface area contributed by atoms with Gasteiger partial charge in [-0.1, -0.05) is 19.3 Å². The van der Waals surface area contributed by atoms with Crippen LogP contribution in [0.25, 0.3) is 0 Å². The number of aliphatic carboxylic acids is 1. The van der Waals surface area contributed by atoms with Gasteiger partial charge in [-0.05, 0) is 12.8 Å². The van der Waals surface area contributed by atoms with Crippen LogP contribution < -0.4 is 0 Å². The van der Waals surface area contributed by atoms with Crippen LogP contribution >= 0.6 is 0 Å². The second-order valence-corrected chi connectivity index (χ2v) is 5.37. The Kier molecular flexibility index (Phi) is 5.51. The maximum atomic E-state index is 11.1. The molecule has 114 valence electrons. The zero-order valence-electron chi connectivity index (χ0n) is 11.6. The van der Waals surface area contributed by atoms with Crippen molar-refractivity contribution in [2.75, 3.05) is 19.8 Å². The van der Waals surface area contributed by atoms with Gasteiger partial charge in [-0.15, -0.1) is 0 Å². The molecular weight excluding hydrogens is 264 g/mol. The number of carboxylic acids is 1. The van der Waals surface area contributed by atoms with Gasteiger partial charge in [0.05, 0.1) is 13.2 Å². The van der Waals surface area contributed by atoms with Crippen LogP contribution in [0.3, 0.4) is 0 Å². The van der Waals surface area contributed by atoms with Crippen LogP contribution in [0.15, 0.2) is 0 Å². The SMILES string of the molecule is O=CC1OCC2(OCCO2)C1CCCCCCC(=O)O. The van der Waals surface area contributed by atoms with Crippen LogP contribution in [-0.2, 0) is 23.8 Å². The number of hydrogen-bond acceptors (Lipinski definition) is 5. The maximum Gasteiger partial charge on any atom is 0.303 e. The number of hydrogen-bond donors (Lipinski definition) is 1. The van der Waals surface area contributed by atoms with Crippen LogP contribution in [0.2, 0.25) is 0 Å². The summed E-state index contributed by atoms with van der Waals surface area (Å²) in [5.41, 5.74) is 0. The molecule has 2 fully saturated rings. The summed E-state index contributed by atoms with van der Waals surface area (Å²) >= 11 is 0. The van der Waals surface area contributed by atoms with Crippen LogP contribution in [0.5, 0.6) is 0 Å². The van der Waals surface area contributed by atoms with E-state index >= 15 is 0 Å². The first kappa shape index (κ1) is 15.4. The Morgan fingerprint density at radius 1 is 1.20 bits per heavy atom. The van der Waals surface area contributed by atoms with E-state index in [0.29, 0.717) is 26.2 Å². The monoisotopic (exact) mass is 286 g/mol. The van der Waals surface area contributed by atoms with Gasteiger partial charge in [0.2, 0.25) is 0 Å². The minimum absolute atomic E-state index is 0.0537. The van der Waals surface area contributed by atoms with Gasteiger partial charge >= 0.3 is 5.97 Å². The topological polar surface area (TPSA) is 82.1 Å². The Balaban J connectivity index is 1.74. The molecular formula is C14H22O6. The number of unbranched alkanes of at least 4 members (excludes halogenated alkanes) is 3. The number of carbonyl (C=O) groups is 2. The molecule has 0 aromatic rings. The maximum absolute atomic E-state index is 11.1. The fourth-order valence-corrected chi connectivity index (χ4v) is 2.97. The molecule has 6 heteroatoms. The second-order valence-electron chi connectivity index (χ2n) is 5.37. The molecule has 0 aromatic carbocycles. The molecule has 2 aliphatic heterocycles. The van der Waals surface area contributed by atoms with Gasteiger partial charge in [-0.2, -0.15) is 0 Å². The predicted molar refractivity (Wildman–Crippen MR) is 69.3 cm³/mol. The molecule has 0 aromatic heterocycles. The Labute approximate surface area is 118 Å². The molecule has 1 N–H and O–H groups in total. The molecule has 2 rings (SSSR count). The van der Waals surface area contributed by atoms with Crippen LogP contribution in [0.4, 0.5) is 0 Å². The Hall–Kier alpha value is -0.980. The normalized spacial score (nSPS) is 28.0. The van der Waals surface area contributed by atoms with Crippen molar-refractivity contribution in [2.45, 2.75) is 50.4 Å². The van der Waals surface area contributed by atoms with E-state index in [1.54, 1.807) is 0 Å². The van der Waals surface area contributed by atoms with Crippen molar-refractivity contribution in [3.05, 3.63) is 0 Å². The Morgan fingerprint density at radius 3 is 2.55 bits per heavy atom. The van der Waals surface area contributed by atoms with Crippen LogP contribution in [-0.4, -0.2) is 49.1 Å². The largest absolute Gasteiger partial charge is 0.481 e. The first-order chi connectivity index (χ1) is 9.68. The molecule has 0 saturated carbocycles. The minimum Gasteiger partial charge on any atom is -0.481 e. The van der Waals surface area contributed by atoms with Crippen molar-refractivity contribution >= 4 is 12.3 Å². The van der Waals surface area contributed by atoms with Crippen molar-refractivity contribution in [3.63, 3.8) is 0 Å². The van der Waals surface area contributed by atoms with Crippen molar-refractivity contribution in [1.29, 1.82) is 0 Å². The van der Waals surface area contributed by atoms with E-state index in [2.05, 4.69) is 0 Å². The summed E-state index contributed by atoms with van der Waals surface area (Å²) in [5, 5.41) is 8.56. The molecule has 0 radical (unpaired) electrons. The molecule has 2 heterocycles. The molecule has 6 nitrogen and oxygen atoms in total. The third kappa shape index (κ3) is 3.56. The summed E-state index contributed by atoms with van der Waals surface area (Å²) in [6, 6.07) is 0. The summed E-state index contributed by atoms with van der Waals surface area (Å²) in [5.74, 6) is -1.53. The molecule has 0 aliphatic carbocycles. The Morgan fingerprint density at radius 2 is 1.90 bits per heavy atom. The average Bonchev–Trinajstić information content (AvgIpc) is 3.02. The number of rotatable bonds is 8. The van der Waals surface area contributed by atoms with Gasteiger partial charge in [-0.25, -0.2) is 0 Å². The van der Waals surface area contributed by atoms with Crippen LogP contribution in [0, 0.1) is 5.92 Å². The van der Waals surface area contributed by atoms with Gasteiger partial charge < -0.3 is 24.1 Å². The van der Waals surface area contributed by atoms with Gasteiger partial charge in [-0.3, -0.25) is 4.79 Å².